The summed E-state index contributed by atoms with van der Waals surface area (Å²) < 4.78 is 48.9. The second kappa shape index (κ2) is 6.59. The van der Waals surface area contributed by atoms with Gasteiger partial charge < -0.3 is 5.32 Å². The molecular formula is C11H18ClN3O4S2. The second-order valence-electron chi connectivity index (χ2n) is 4.74. The van der Waals surface area contributed by atoms with Gasteiger partial charge in [0.2, 0.25) is 20.0 Å². The Bertz CT molecular complexity index is 706. The number of hydrogen-bond acceptors (Lipinski definition) is 5. The Morgan fingerprint density at radius 2 is 1.86 bits per heavy atom. The molecule has 1 aromatic rings. The van der Waals surface area contributed by atoms with E-state index in [1.54, 1.807) is 0 Å². The van der Waals surface area contributed by atoms with Crippen LogP contribution in [0, 0.1) is 0 Å². The maximum Gasteiger partial charge on any atom is 0.243 e. The van der Waals surface area contributed by atoms with Gasteiger partial charge in [0, 0.05) is 25.7 Å². The van der Waals surface area contributed by atoms with Crippen LogP contribution in [0.3, 0.4) is 0 Å². The monoisotopic (exact) mass is 355 g/mol. The number of sulfonamides is 2. The minimum atomic E-state index is -3.92. The molecule has 1 saturated heterocycles. The fraction of sp³-hybridized carbons (Fsp3) is 0.455. The number of halogens is 1. The zero-order chi connectivity index (χ0) is 15.0. The predicted octanol–water partition coefficient (Wildman–Crippen LogP) is -0.262. The Morgan fingerprint density at radius 3 is 2.43 bits per heavy atom. The Kier molecular flexibility index (Phi) is 5.76. The highest BCUT2D eigenvalue weighted by molar-refractivity contribution is 7.90. The lowest BCUT2D eigenvalue weighted by molar-refractivity contribution is 0.310. The van der Waals surface area contributed by atoms with Crippen molar-refractivity contribution >= 4 is 32.5 Å². The van der Waals surface area contributed by atoms with Crippen LogP contribution in [-0.2, 0) is 20.0 Å². The third-order valence-electron chi connectivity index (χ3n) is 3.10. The van der Waals surface area contributed by atoms with E-state index in [2.05, 4.69) is 5.32 Å². The fourth-order valence-corrected chi connectivity index (χ4v) is 4.29. The van der Waals surface area contributed by atoms with Crippen molar-refractivity contribution in [3.63, 3.8) is 0 Å². The van der Waals surface area contributed by atoms with Gasteiger partial charge >= 0.3 is 0 Å². The van der Waals surface area contributed by atoms with Crippen molar-refractivity contribution in [1.29, 1.82) is 0 Å². The molecule has 0 bridgehead atoms. The van der Waals surface area contributed by atoms with E-state index >= 15 is 0 Å². The molecule has 1 aliphatic rings. The molecule has 0 unspecified atom stereocenters. The molecule has 0 saturated carbocycles. The van der Waals surface area contributed by atoms with Crippen molar-refractivity contribution in [2.24, 2.45) is 5.14 Å². The molecule has 1 atom stereocenters. The SMILES string of the molecule is C[C@@H]1CN(S(=O)(=O)c2cccc(S(N)(=O)=O)c2)CCN1.Cl. The largest absolute Gasteiger partial charge is 0.312 e. The smallest absolute Gasteiger partial charge is 0.243 e. The zero-order valence-corrected chi connectivity index (χ0v) is 13.8. The Hall–Kier alpha value is -0.710. The minimum absolute atomic E-state index is 0. The van der Waals surface area contributed by atoms with Crippen molar-refractivity contribution in [3.05, 3.63) is 24.3 Å². The molecule has 120 valence electrons. The summed E-state index contributed by atoms with van der Waals surface area (Å²) in [5.41, 5.74) is 0. The van der Waals surface area contributed by atoms with E-state index in [9.17, 15) is 16.8 Å². The van der Waals surface area contributed by atoms with Gasteiger partial charge in [-0.3, -0.25) is 0 Å². The van der Waals surface area contributed by atoms with E-state index in [0.717, 1.165) is 6.07 Å². The molecule has 0 amide bonds. The lowest BCUT2D eigenvalue weighted by Crippen LogP contribution is -2.51. The standard InChI is InChI=1S/C11H17N3O4S2.ClH/c1-9-8-14(6-5-13-9)20(17,18)11-4-2-3-10(7-11)19(12,15)16;/h2-4,7,9,13H,5-6,8H2,1H3,(H2,12,15,16);1H/t9-;/m1./s1. The molecule has 7 nitrogen and oxygen atoms in total. The van der Waals surface area contributed by atoms with E-state index < -0.39 is 20.0 Å². The van der Waals surface area contributed by atoms with Crippen LogP contribution in [0.4, 0.5) is 0 Å². The highest BCUT2D eigenvalue weighted by atomic mass is 35.5. The first kappa shape index (κ1) is 18.3. The molecular weight excluding hydrogens is 338 g/mol. The highest BCUT2D eigenvalue weighted by Crippen LogP contribution is 2.20. The van der Waals surface area contributed by atoms with Crippen LogP contribution in [0.2, 0.25) is 0 Å². The molecule has 0 aliphatic carbocycles. The van der Waals surface area contributed by atoms with Crippen molar-refractivity contribution in [2.45, 2.75) is 22.8 Å². The summed E-state index contributed by atoms with van der Waals surface area (Å²) in [6.45, 7) is 3.16. The van der Waals surface area contributed by atoms with Gasteiger partial charge in [-0.15, -0.1) is 12.4 Å². The van der Waals surface area contributed by atoms with Gasteiger partial charge in [-0.05, 0) is 25.1 Å². The van der Waals surface area contributed by atoms with Gasteiger partial charge in [-0.2, -0.15) is 4.31 Å². The summed E-state index contributed by atoms with van der Waals surface area (Å²) in [6, 6.07) is 5.17. The molecule has 0 aromatic heterocycles. The number of nitrogens with zero attached hydrogens (tertiary/aromatic N) is 1. The summed E-state index contributed by atoms with van der Waals surface area (Å²) >= 11 is 0. The Morgan fingerprint density at radius 1 is 1.24 bits per heavy atom. The van der Waals surface area contributed by atoms with Crippen LogP contribution in [0.1, 0.15) is 6.92 Å². The molecule has 10 heteroatoms. The molecule has 1 fully saturated rings. The second-order valence-corrected chi connectivity index (χ2v) is 8.24. The van der Waals surface area contributed by atoms with E-state index in [1.807, 2.05) is 6.92 Å². The number of hydrogen-bond donors (Lipinski definition) is 2. The summed E-state index contributed by atoms with van der Waals surface area (Å²) in [4.78, 5) is -0.264. The van der Waals surface area contributed by atoms with Gasteiger partial charge in [0.05, 0.1) is 9.79 Å². The molecule has 1 aromatic carbocycles. The summed E-state index contributed by atoms with van der Waals surface area (Å²) in [6.07, 6.45) is 0. The Balaban J connectivity index is 0.00000220. The number of nitrogens with two attached hydrogens (primary N) is 1. The van der Waals surface area contributed by atoms with E-state index in [0.29, 0.717) is 19.6 Å². The number of rotatable bonds is 3. The normalized spacial score (nSPS) is 20.8. The fourth-order valence-electron chi connectivity index (χ4n) is 2.08. The highest BCUT2D eigenvalue weighted by Gasteiger charge is 2.29. The summed E-state index contributed by atoms with van der Waals surface area (Å²) in [5.74, 6) is 0. The molecule has 3 N–H and O–H groups in total. The lowest BCUT2D eigenvalue weighted by Gasteiger charge is -2.31. The predicted molar refractivity (Wildman–Crippen MR) is 81.3 cm³/mol. The maximum atomic E-state index is 12.5. The van der Waals surface area contributed by atoms with Gasteiger partial charge in [-0.25, -0.2) is 22.0 Å². The van der Waals surface area contributed by atoms with Crippen LogP contribution in [0.15, 0.2) is 34.1 Å². The number of primary sulfonamides is 1. The van der Waals surface area contributed by atoms with Crippen molar-refractivity contribution < 1.29 is 16.8 Å². The minimum Gasteiger partial charge on any atom is -0.312 e. The summed E-state index contributed by atoms with van der Waals surface area (Å²) in [7, 11) is -7.63. The van der Waals surface area contributed by atoms with Gasteiger partial charge in [0.15, 0.2) is 0 Å². The van der Waals surface area contributed by atoms with Gasteiger partial charge in [0.25, 0.3) is 0 Å². The third-order valence-corrected chi connectivity index (χ3v) is 5.88. The van der Waals surface area contributed by atoms with Crippen LogP contribution in [0.25, 0.3) is 0 Å². The van der Waals surface area contributed by atoms with E-state index in [1.165, 1.54) is 22.5 Å². The first-order chi connectivity index (χ1) is 9.21. The van der Waals surface area contributed by atoms with E-state index in [4.69, 9.17) is 5.14 Å². The average molecular weight is 356 g/mol. The molecule has 1 aliphatic heterocycles. The van der Waals surface area contributed by atoms with Crippen LogP contribution >= 0.6 is 12.4 Å². The molecule has 21 heavy (non-hydrogen) atoms. The molecule has 0 spiro atoms. The van der Waals surface area contributed by atoms with Crippen LogP contribution in [0.5, 0.6) is 0 Å². The average Bonchev–Trinajstić information content (AvgIpc) is 2.38. The Labute approximate surface area is 131 Å². The topological polar surface area (TPSA) is 110 Å². The first-order valence-corrected chi connectivity index (χ1v) is 9.06. The van der Waals surface area contributed by atoms with Gasteiger partial charge in [-0.1, -0.05) is 6.07 Å². The van der Waals surface area contributed by atoms with Gasteiger partial charge in [0.1, 0.15) is 0 Å². The van der Waals surface area contributed by atoms with Crippen molar-refractivity contribution in [1.82, 2.24) is 9.62 Å². The van der Waals surface area contributed by atoms with Crippen molar-refractivity contribution in [3.8, 4) is 0 Å². The zero-order valence-electron chi connectivity index (χ0n) is 11.4. The van der Waals surface area contributed by atoms with Crippen LogP contribution in [-0.4, -0.2) is 46.8 Å². The first-order valence-electron chi connectivity index (χ1n) is 6.07. The molecule has 1 heterocycles. The maximum absolute atomic E-state index is 12.5. The third kappa shape index (κ3) is 4.15. The van der Waals surface area contributed by atoms with Crippen LogP contribution < -0.4 is 10.5 Å². The molecule has 0 radical (unpaired) electrons. The van der Waals surface area contributed by atoms with Crippen molar-refractivity contribution in [2.75, 3.05) is 19.6 Å². The number of piperazine rings is 1. The quantitative estimate of drug-likeness (QED) is 0.776. The van der Waals surface area contributed by atoms with E-state index in [-0.39, 0.29) is 28.2 Å². The number of nitrogens with one attached hydrogen (secondary N) is 1. The molecule has 2 rings (SSSR count). The number of benzene rings is 1. The summed E-state index contributed by atoms with van der Waals surface area (Å²) in [5, 5.41) is 8.17. The lowest BCUT2D eigenvalue weighted by atomic mass is 10.3.